The second-order valence-corrected chi connectivity index (χ2v) is 4.11. The molecule has 0 aliphatic heterocycles. The molecule has 0 nitrogen and oxygen atoms in total. The fourth-order valence-corrected chi connectivity index (χ4v) is 1.87. The Morgan fingerprint density at radius 1 is 1.27 bits per heavy atom. The fourth-order valence-electron chi connectivity index (χ4n) is 1.26. The molecule has 1 aromatic carbocycles. The third kappa shape index (κ3) is 2.98. The number of hydrogen-bond acceptors (Lipinski definition) is 0. The molecule has 0 aliphatic rings. The maximum absolute atomic E-state index is 2.26. The molecule has 0 N–H and O–H groups in total. The Bertz CT molecular complexity index is 218. The molecule has 1 rings (SSSR count). The van der Waals surface area contributed by atoms with Crippen molar-refractivity contribution >= 4 is 30.7 Å². The van der Waals surface area contributed by atoms with Crippen LogP contribution < -0.4 is 2.81 Å². The predicted octanol–water partition coefficient (Wildman–Crippen LogP) is 1.82. The van der Waals surface area contributed by atoms with Crippen LogP contribution >= 0.6 is 0 Å². The zero-order chi connectivity index (χ0) is 8.10. The Labute approximate surface area is 86.4 Å². The van der Waals surface area contributed by atoms with Gasteiger partial charge in [-0.1, -0.05) is 0 Å². The molecule has 0 atom stereocenters. The first-order chi connectivity index (χ1) is 5.34. The summed E-state index contributed by atoms with van der Waals surface area (Å²) in [6, 6.07) is 8.79. The fraction of sp³-hybridized carbons (Fsp3) is 0.400. The van der Waals surface area contributed by atoms with Crippen LogP contribution in [0.4, 0.5) is 0 Å². The van der Waals surface area contributed by atoms with Crippen LogP contribution in [0.5, 0.6) is 0 Å². The molecule has 0 bridgehead atoms. The average Bonchev–Trinajstić information content (AvgIpc) is 2.03. The standard InChI is InChI=1S/C10H13.Na/c1-2-3-7-10-8-5-4-6-9-10;/h4-6,8H,2-3,7H2,1H3;. The molecule has 0 aromatic heterocycles. The number of unbranched alkanes of at least 4 members (excludes halogenated alkanes) is 1. The van der Waals surface area contributed by atoms with E-state index < -0.39 is 0 Å². The molecule has 0 radical (unpaired) electrons. The molecular weight excluding hydrogens is 143 g/mol. The van der Waals surface area contributed by atoms with Crippen molar-refractivity contribution in [1.29, 1.82) is 0 Å². The molecule has 0 spiro atoms. The van der Waals surface area contributed by atoms with Gasteiger partial charge in [0.05, 0.1) is 0 Å². The van der Waals surface area contributed by atoms with Crippen molar-refractivity contribution in [3.8, 4) is 0 Å². The van der Waals surface area contributed by atoms with Crippen LogP contribution in [0, 0.1) is 0 Å². The van der Waals surface area contributed by atoms with Gasteiger partial charge in [-0.05, 0) is 0 Å². The molecule has 0 aliphatic carbocycles. The topological polar surface area (TPSA) is 0 Å². The van der Waals surface area contributed by atoms with Crippen molar-refractivity contribution in [3.05, 3.63) is 29.8 Å². The maximum atomic E-state index is 2.26. The van der Waals surface area contributed by atoms with E-state index in [9.17, 15) is 0 Å². The van der Waals surface area contributed by atoms with Crippen LogP contribution in [-0.2, 0) is 6.42 Å². The molecular formula is C10H13Na. The van der Waals surface area contributed by atoms with Gasteiger partial charge >= 0.3 is 86.8 Å². The van der Waals surface area contributed by atoms with Crippen molar-refractivity contribution in [1.82, 2.24) is 0 Å². The van der Waals surface area contributed by atoms with E-state index in [0.29, 0.717) is 0 Å². The molecule has 1 aromatic rings. The van der Waals surface area contributed by atoms with Crippen LogP contribution in [0.25, 0.3) is 0 Å². The molecule has 0 saturated heterocycles. The monoisotopic (exact) mass is 156 g/mol. The van der Waals surface area contributed by atoms with Gasteiger partial charge < -0.3 is 0 Å². The van der Waals surface area contributed by atoms with E-state index in [0.717, 1.165) is 0 Å². The first-order valence-corrected chi connectivity index (χ1v) is 5.39. The summed E-state index contributed by atoms with van der Waals surface area (Å²) in [6.07, 6.45) is 3.91. The van der Waals surface area contributed by atoms with Crippen molar-refractivity contribution in [3.63, 3.8) is 0 Å². The van der Waals surface area contributed by atoms with Gasteiger partial charge in [0.2, 0.25) is 0 Å². The number of benzene rings is 1. The van der Waals surface area contributed by atoms with Crippen LogP contribution in [-0.4, -0.2) is 27.9 Å². The van der Waals surface area contributed by atoms with Crippen LogP contribution in [0.15, 0.2) is 24.3 Å². The first kappa shape index (κ1) is 9.31. The molecule has 54 valence electrons. The number of rotatable bonds is 3. The van der Waals surface area contributed by atoms with Crippen molar-refractivity contribution in [2.24, 2.45) is 0 Å². The normalized spacial score (nSPS) is 10.1. The second-order valence-electron chi connectivity index (χ2n) is 3.03. The van der Waals surface area contributed by atoms with Gasteiger partial charge in [0.1, 0.15) is 0 Å². The molecule has 0 unspecified atom stereocenters. The van der Waals surface area contributed by atoms with E-state index >= 15 is 0 Å². The van der Waals surface area contributed by atoms with Gasteiger partial charge in [-0.3, -0.25) is 0 Å². The Kier molecular flexibility index (Phi) is 4.21. The summed E-state index contributed by atoms with van der Waals surface area (Å²) in [4.78, 5) is 0. The van der Waals surface area contributed by atoms with E-state index in [1.165, 1.54) is 47.2 Å². The van der Waals surface area contributed by atoms with Crippen LogP contribution in [0.1, 0.15) is 25.3 Å². The van der Waals surface area contributed by atoms with E-state index in [4.69, 9.17) is 0 Å². The average molecular weight is 156 g/mol. The first-order valence-electron chi connectivity index (χ1n) is 4.39. The van der Waals surface area contributed by atoms with E-state index in [1.807, 2.05) is 0 Å². The number of hydrogen-bond donors (Lipinski definition) is 0. The minimum absolute atomic E-state index is 1.19. The third-order valence-corrected chi connectivity index (χ3v) is 3.04. The molecule has 0 amide bonds. The Morgan fingerprint density at radius 2 is 2.00 bits per heavy atom. The minimum atomic E-state index is 1.19. The summed E-state index contributed by atoms with van der Waals surface area (Å²) in [5, 5.41) is 0. The zero-order valence-corrected chi connectivity index (χ0v) is 9.43. The summed E-state index contributed by atoms with van der Waals surface area (Å²) >= 11 is 1.19. The molecule has 0 saturated carbocycles. The van der Waals surface area contributed by atoms with E-state index in [-0.39, 0.29) is 0 Å². The van der Waals surface area contributed by atoms with Crippen molar-refractivity contribution in [2.45, 2.75) is 26.2 Å². The number of aryl methyl sites for hydroxylation is 1. The van der Waals surface area contributed by atoms with Gasteiger partial charge in [-0.25, -0.2) is 0 Å². The molecule has 0 fully saturated rings. The van der Waals surface area contributed by atoms with Gasteiger partial charge in [0.25, 0.3) is 0 Å². The van der Waals surface area contributed by atoms with Crippen molar-refractivity contribution < 1.29 is 0 Å². The Hall–Kier alpha value is 0.220. The molecule has 0 heterocycles. The van der Waals surface area contributed by atoms with Crippen LogP contribution in [0.2, 0.25) is 0 Å². The summed E-state index contributed by atoms with van der Waals surface area (Å²) in [7, 11) is 0. The Morgan fingerprint density at radius 3 is 2.64 bits per heavy atom. The predicted molar refractivity (Wildman–Crippen MR) is 50.4 cm³/mol. The van der Waals surface area contributed by atoms with E-state index in [1.54, 1.807) is 8.38 Å². The zero-order valence-electron chi connectivity index (χ0n) is 7.43. The van der Waals surface area contributed by atoms with Crippen LogP contribution in [0.3, 0.4) is 0 Å². The van der Waals surface area contributed by atoms with Gasteiger partial charge in [0, 0.05) is 0 Å². The van der Waals surface area contributed by atoms with Crippen molar-refractivity contribution in [2.75, 3.05) is 0 Å². The summed E-state index contributed by atoms with van der Waals surface area (Å²) < 4.78 is 1.57. The summed E-state index contributed by atoms with van der Waals surface area (Å²) in [5.41, 5.74) is 1.57. The molecule has 11 heavy (non-hydrogen) atoms. The third-order valence-electron chi connectivity index (χ3n) is 2.06. The van der Waals surface area contributed by atoms with E-state index in [2.05, 4.69) is 31.2 Å². The Balaban J connectivity index is 2.62. The van der Waals surface area contributed by atoms with Gasteiger partial charge in [0.15, 0.2) is 0 Å². The quantitative estimate of drug-likeness (QED) is 0.586. The summed E-state index contributed by atoms with van der Waals surface area (Å²) in [6.45, 7) is 2.25. The SMILES string of the molecule is CCCCc1cccc[c]1[Na]. The second kappa shape index (κ2) is 4.97. The van der Waals surface area contributed by atoms with Gasteiger partial charge in [-0.2, -0.15) is 0 Å². The van der Waals surface area contributed by atoms with Gasteiger partial charge in [-0.15, -0.1) is 0 Å². The molecule has 1 heteroatoms. The summed E-state index contributed by atoms with van der Waals surface area (Å²) in [5.74, 6) is 0.